The van der Waals surface area contributed by atoms with Crippen molar-refractivity contribution in [1.82, 2.24) is 24.6 Å². The number of aryl methyl sites for hydroxylation is 3. The van der Waals surface area contributed by atoms with E-state index in [1.807, 2.05) is 42.1 Å². The quantitative estimate of drug-likeness (QED) is 0.635. The molecule has 4 rings (SSSR count). The van der Waals surface area contributed by atoms with Crippen LogP contribution in [0.15, 0.2) is 54.6 Å². The number of hydrogen-bond acceptors (Lipinski definition) is 4. The Balaban J connectivity index is 1.62. The molecule has 3 aromatic rings. The Labute approximate surface area is 178 Å². The third kappa shape index (κ3) is 4.44. The zero-order chi connectivity index (χ0) is 21.1. The average Bonchev–Trinajstić information content (AvgIpc) is 3.38. The number of carbonyl (C=O) groups excluding carboxylic acids is 1. The van der Waals surface area contributed by atoms with E-state index in [4.69, 9.17) is 0 Å². The molecule has 6 nitrogen and oxygen atoms in total. The van der Waals surface area contributed by atoms with Gasteiger partial charge in [-0.25, -0.2) is 9.67 Å². The van der Waals surface area contributed by atoms with Gasteiger partial charge >= 0.3 is 0 Å². The normalized spacial score (nSPS) is 16.7. The number of nitrogens with zero attached hydrogens (tertiary/aromatic N) is 5. The Bertz CT molecular complexity index is 1010. The third-order valence-electron chi connectivity index (χ3n) is 5.83. The van der Waals surface area contributed by atoms with Crippen LogP contribution in [0, 0.1) is 6.92 Å². The molecule has 2 aromatic carbocycles. The van der Waals surface area contributed by atoms with Gasteiger partial charge in [0, 0.05) is 26.1 Å². The fourth-order valence-corrected chi connectivity index (χ4v) is 4.02. The summed E-state index contributed by atoms with van der Waals surface area (Å²) in [7, 11) is 3.95. The van der Waals surface area contributed by atoms with Crippen LogP contribution in [0.3, 0.4) is 0 Å². The predicted molar refractivity (Wildman–Crippen MR) is 118 cm³/mol. The van der Waals surface area contributed by atoms with Crippen LogP contribution in [0.1, 0.15) is 34.0 Å². The fourth-order valence-electron chi connectivity index (χ4n) is 4.02. The molecule has 2 heterocycles. The van der Waals surface area contributed by atoms with Gasteiger partial charge in [0.2, 0.25) is 5.82 Å². The maximum absolute atomic E-state index is 13.1. The summed E-state index contributed by atoms with van der Waals surface area (Å²) in [6, 6.07) is 18.7. The molecule has 1 aliphatic rings. The van der Waals surface area contributed by atoms with Crippen LogP contribution < -0.4 is 0 Å². The van der Waals surface area contributed by atoms with E-state index >= 15 is 0 Å². The van der Waals surface area contributed by atoms with E-state index in [2.05, 4.69) is 53.2 Å². The van der Waals surface area contributed by atoms with Crippen molar-refractivity contribution in [3.05, 3.63) is 77.4 Å². The zero-order valence-electron chi connectivity index (χ0n) is 18.0. The Morgan fingerprint density at radius 3 is 2.63 bits per heavy atom. The maximum atomic E-state index is 13.1. The van der Waals surface area contributed by atoms with Gasteiger partial charge in [0.05, 0.1) is 5.69 Å². The Kier molecular flexibility index (Phi) is 5.95. The molecular weight excluding hydrogens is 374 g/mol. The van der Waals surface area contributed by atoms with Crippen molar-refractivity contribution in [2.45, 2.75) is 32.2 Å². The van der Waals surface area contributed by atoms with Gasteiger partial charge in [0.1, 0.15) is 5.82 Å². The summed E-state index contributed by atoms with van der Waals surface area (Å²) in [5.41, 5.74) is 3.33. The van der Waals surface area contributed by atoms with Crippen LogP contribution in [0.25, 0.3) is 5.69 Å². The van der Waals surface area contributed by atoms with Crippen molar-refractivity contribution in [2.24, 2.45) is 0 Å². The monoisotopic (exact) mass is 403 g/mol. The lowest BCUT2D eigenvalue weighted by molar-refractivity contribution is 0.0725. The van der Waals surface area contributed by atoms with E-state index in [1.54, 1.807) is 4.90 Å². The Morgan fingerprint density at radius 1 is 1.13 bits per heavy atom. The first-order chi connectivity index (χ1) is 14.5. The maximum Gasteiger partial charge on any atom is 0.293 e. The summed E-state index contributed by atoms with van der Waals surface area (Å²) < 4.78 is 1.83. The highest BCUT2D eigenvalue weighted by molar-refractivity contribution is 5.90. The summed E-state index contributed by atoms with van der Waals surface area (Å²) in [6.07, 6.45) is 2.55. The molecule has 0 saturated carbocycles. The van der Waals surface area contributed by atoms with Crippen molar-refractivity contribution in [3.63, 3.8) is 0 Å². The molecule has 0 radical (unpaired) electrons. The number of carbonyl (C=O) groups is 1. The number of rotatable bonds is 6. The molecule has 0 bridgehead atoms. The van der Waals surface area contributed by atoms with E-state index < -0.39 is 0 Å². The van der Waals surface area contributed by atoms with Gasteiger partial charge in [-0.3, -0.25) is 4.79 Å². The second-order valence-electron chi connectivity index (χ2n) is 8.21. The van der Waals surface area contributed by atoms with Crippen molar-refractivity contribution < 1.29 is 4.79 Å². The minimum absolute atomic E-state index is 0.109. The molecular formula is C24H29N5O. The minimum Gasteiger partial charge on any atom is -0.335 e. The van der Waals surface area contributed by atoms with Gasteiger partial charge in [-0.1, -0.05) is 42.5 Å². The Morgan fingerprint density at radius 2 is 1.93 bits per heavy atom. The van der Waals surface area contributed by atoms with Crippen LogP contribution >= 0.6 is 0 Å². The standard InChI is InChI=1S/C24H29N5O/c1-18-8-7-11-20(16-18)29-22(13-12-19-9-5-4-6-10-19)25-23(26-29)24(30)28(3)21-14-15-27(2)17-21/h4-11,16,21H,12-15,17H2,1-3H3. The molecule has 1 saturated heterocycles. The lowest BCUT2D eigenvalue weighted by Gasteiger charge is -2.22. The molecule has 6 heteroatoms. The van der Waals surface area contributed by atoms with Gasteiger partial charge in [-0.15, -0.1) is 5.10 Å². The summed E-state index contributed by atoms with van der Waals surface area (Å²) in [6.45, 7) is 3.96. The van der Waals surface area contributed by atoms with E-state index in [9.17, 15) is 4.79 Å². The summed E-state index contributed by atoms with van der Waals surface area (Å²) in [5, 5.41) is 4.65. The third-order valence-corrected chi connectivity index (χ3v) is 5.83. The molecule has 0 aliphatic carbocycles. The first-order valence-electron chi connectivity index (χ1n) is 10.5. The highest BCUT2D eigenvalue weighted by atomic mass is 16.2. The predicted octanol–water partition coefficient (Wildman–Crippen LogP) is 3.14. The second-order valence-corrected chi connectivity index (χ2v) is 8.21. The number of hydrogen-bond donors (Lipinski definition) is 0. The number of likely N-dealkylation sites (N-methyl/N-ethyl adjacent to an activating group) is 2. The number of likely N-dealkylation sites (tertiary alicyclic amines) is 1. The molecule has 1 amide bonds. The van der Waals surface area contributed by atoms with Gasteiger partial charge in [-0.05, 0) is 56.6 Å². The highest BCUT2D eigenvalue weighted by Crippen LogP contribution is 2.18. The number of benzene rings is 2. The molecule has 1 aliphatic heterocycles. The summed E-state index contributed by atoms with van der Waals surface area (Å²) in [4.78, 5) is 21.9. The van der Waals surface area contributed by atoms with Crippen molar-refractivity contribution in [3.8, 4) is 5.69 Å². The largest absolute Gasteiger partial charge is 0.335 e. The number of amides is 1. The first-order valence-corrected chi connectivity index (χ1v) is 10.5. The van der Waals surface area contributed by atoms with E-state index in [1.165, 1.54) is 5.56 Å². The van der Waals surface area contributed by atoms with Gasteiger partial charge in [-0.2, -0.15) is 0 Å². The zero-order valence-corrected chi connectivity index (χ0v) is 18.0. The molecule has 156 valence electrons. The van der Waals surface area contributed by atoms with E-state index in [0.717, 1.165) is 43.0 Å². The Hall–Kier alpha value is -2.99. The smallest absolute Gasteiger partial charge is 0.293 e. The van der Waals surface area contributed by atoms with Gasteiger partial charge < -0.3 is 9.80 Å². The molecule has 1 unspecified atom stereocenters. The van der Waals surface area contributed by atoms with Crippen LogP contribution in [0.2, 0.25) is 0 Å². The molecule has 30 heavy (non-hydrogen) atoms. The SMILES string of the molecule is Cc1cccc(-n2nc(C(=O)N(C)C3CCN(C)C3)nc2CCc2ccccc2)c1. The van der Waals surface area contributed by atoms with Gasteiger partial charge in [0.15, 0.2) is 0 Å². The fraction of sp³-hybridized carbons (Fsp3) is 0.375. The molecule has 0 N–H and O–H groups in total. The summed E-state index contributed by atoms with van der Waals surface area (Å²) in [5.74, 6) is 0.976. The molecule has 0 spiro atoms. The molecule has 1 atom stereocenters. The lowest BCUT2D eigenvalue weighted by Crippen LogP contribution is -2.39. The topological polar surface area (TPSA) is 54.3 Å². The van der Waals surface area contributed by atoms with Gasteiger partial charge in [0.25, 0.3) is 5.91 Å². The van der Waals surface area contributed by atoms with Crippen LogP contribution in [0.5, 0.6) is 0 Å². The van der Waals surface area contributed by atoms with Crippen molar-refractivity contribution >= 4 is 5.91 Å². The molecule has 1 fully saturated rings. The van der Waals surface area contributed by atoms with Crippen molar-refractivity contribution in [2.75, 3.05) is 27.2 Å². The van der Waals surface area contributed by atoms with E-state index in [0.29, 0.717) is 6.42 Å². The van der Waals surface area contributed by atoms with Crippen LogP contribution in [0.4, 0.5) is 0 Å². The summed E-state index contributed by atoms with van der Waals surface area (Å²) >= 11 is 0. The number of aromatic nitrogens is 3. The van der Waals surface area contributed by atoms with E-state index in [-0.39, 0.29) is 17.8 Å². The highest BCUT2D eigenvalue weighted by Gasteiger charge is 2.29. The first kappa shape index (κ1) is 20.3. The second kappa shape index (κ2) is 8.79. The average molecular weight is 404 g/mol. The van der Waals surface area contributed by atoms with Crippen LogP contribution in [-0.2, 0) is 12.8 Å². The van der Waals surface area contributed by atoms with Crippen molar-refractivity contribution in [1.29, 1.82) is 0 Å². The lowest BCUT2D eigenvalue weighted by atomic mass is 10.1. The van der Waals surface area contributed by atoms with Crippen LogP contribution in [-0.4, -0.2) is 63.7 Å². The minimum atomic E-state index is -0.109. The molecule has 1 aromatic heterocycles.